The number of aliphatic hydroxyl groups is 11. The van der Waals surface area contributed by atoms with Crippen molar-refractivity contribution in [2.75, 3.05) is 19.0 Å². The largest absolute Gasteiger partial charge is 0.477 e. The van der Waals surface area contributed by atoms with Crippen LogP contribution in [0.2, 0.25) is 0 Å². The number of thiol groups is 1. The zero-order chi connectivity index (χ0) is 42.0. The molecule has 324 valence electrons. The van der Waals surface area contributed by atoms with Crippen LogP contribution in [0, 0.1) is 0 Å². The molecule has 4 rings (SSSR count). The van der Waals surface area contributed by atoms with Gasteiger partial charge in [-0.1, -0.05) is 0 Å². The lowest BCUT2D eigenvalue weighted by atomic mass is 9.88. The second-order valence-corrected chi connectivity index (χ2v) is 14.4. The first-order valence-electron chi connectivity index (χ1n) is 17.6. The van der Waals surface area contributed by atoms with Crippen molar-refractivity contribution in [3.63, 3.8) is 0 Å². The highest BCUT2D eigenvalue weighted by molar-refractivity contribution is 7.80. The molecular formula is C31H52N2O22S. The predicted octanol–water partition coefficient (Wildman–Crippen LogP) is -8.29. The molecule has 21 atom stereocenters. The number of carbonyl (C=O) groups excluding carboxylic acids is 2. The van der Waals surface area contributed by atoms with Crippen LogP contribution in [0.15, 0.2) is 0 Å². The van der Waals surface area contributed by atoms with Crippen LogP contribution < -0.4 is 10.6 Å². The molecule has 2 amide bonds. The van der Waals surface area contributed by atoms with Gasteiger partial charge in [0, 0.05) is 26.0 Å². The Labute approximate surface area is 324 Å². The van der Waals surface area contributed by atoms with E-state index in [1.807, 2.05) is 0 Å². The van der Waals surface area contributed by atoms with Crippen LogP contribution >= 0.6 is 12.6 Å². The molecule has 25 heteroatoms. The molecule has 0 saturated carbocycles. The monoisotopic (exact) mass is 836 g/mol. The van der Waals surface area contributed by atoms with Gasteiger partial charge < -0.3 is 105 Å². The number of carbonyl (C=O) groups is 3. The van der Waals surface area contributed by atoms with E-state index in [0.29, 0.717) is 0 Å². The molecule has 0 aromatic rings. The third kappa shape index (κ3) is 9.90. The maximum Gasteiger partial charge on any atom is 0.364 e. The number of carboxylic acid groups (broad SMARTS) is 1. The number of hydrogen-bond acceptors (Lipinski definition) is 22. The van der Waals surface area contributed by atoms with Crippen molar-refractivity contribution in [3.8, 4) is 0 Å². The van der Waals surface area contributed by atoms with Gasteiger partial charge >= 0.3 is 5.97 Å². The smallest absolute Gasteiger partial charge is 0.364 e. The molecule has 0 aromatic heterocycles. The number of aliphatic carboxylic acids is 1. The van der Waals surface area contributed by atoms with Gasteiger partial charge in [0.15, 0.2) is 18.9 Å². The number of aliphatic hydroxyl groups excluding tert-OH is 11. The molecule has 0 spiro atoms. The van der Waals surface area contributed by atoms with Gasteiger partial charge in [-0.25, -0.2) is 4.79 Å². The van der Waals surface area contributed by atoms with Crippen molar-refractivity contribution in [1.82, 2.24) is 10.6 Å². The average molecular weight is 837 g/mol. The molecule has 56 heavy (non-hydrogen) atoms. The maximum absolute atomic E-state index is 12.9. The first-order chi connectivity index (χ1) is 26.2. The Hall–Kier alpha value is -1.96. The van der Waals surface area contributed by atoms with Crippen LogP contribution in [0.1, 0.15) is 27.2 Å². The quantitative estimate of drug-likeness (QED) is 0.0722. The highest BCUT2D eigenvalue weighted by Crippen LogP contribution is 2.39. The lowest BCUT2D eigenvalue weighted by Gasteiger charge is -2.51. The summed E-state index contributed by atoms with van der Waals surface area (Å²) >= 11 is 4.23. The summed E-state index contributed by atoms with van der Waals surface area (Å²) in [7, 11) is 0. The van der Waals surface area contributed by atoms with Gasteiger partial charge in [-0.3, -0.25) is 9.59 Å². The molecule has 14 N–H and O–H groups in total. The van der Waals surface area contributed by atoms with Crippen molar-refractivity contribution in [3.05, 3.63) is 0 Å². The van der Waals surface area contributed by atoms with Crippen LogP contribution in [-0.2, 0) is 47.5 Å². The summed E-state index contributed by atoms with van der Waals surface area (Å²) in [5, 5.41) is 132. The lowest BCUT2D eigenvalue weighted by molar-refractivity contribution is -0.382. The van der Waals surface area contributed by atoms with Gasteiger partial charge in [-0.15, -0.1) is 0 Å². The van der Waals surface area contributed by atoms with Crippen molar-refractivity contribution >= 4 is 30.4 Å². The highest BCUT2D eigenvalue weighted by Gasteiger charge is 2.60. The average Bonchev–Trinajstić information content (AvgIpc) is 3.13. The Morgan fingerprint density at radius 2 is 1.41 bits per heavy atom. The summed E-state index contributed by atoms with van der Waals surface area (Å²) in [6, 6.07) is -3.09. The molecule has 0 aromatic carbocycles. The molecule has 4 aliphatic rings. The topological polar surface area (TPSA) is 383 Å². The van der Waals surface area contributed by atoms with E-state index < -0.39 is 166 Å². The van der Waals surface area contributed by atoms with Gasteiger partial charge in [-0.2, -0.15) is 12.6 Å². The van der Waals surface area contributed by atoms with Crippen LogP contribution in [0.4, 0.5) is 0 Å². The van der Waals surface area contributed by atoms with Gasteiger partial charge in [0.25, 0.3) is 5.79 Å². The molecule has 4 fully saturated rings. The molecule has 0 radical (unpaired) electrons. The molecular weight excluding hydrogens is 784 g/mol. The summed E-state index contributed by atoms with van der Waals surface area (Å²) in [5.41, 5.74) is 0. The Bertz CT molecular complexity index is 1330. The Balaban J connectivity index is 1.69. The first-order valence-corrected chi connectivity index (χ1v) is 18.2. The van der Waals surface area contributed by atoms with E-state index in [-0.39, 0.29) is 5.75 Å². The van der Waals surface area contributed by atoms with Crippen LogP contribution in [-0.4, -0.2) is 226 Å². The molecule has 0 bridgehead atoms. The van der Waals surface area contributed by atoms with Crippen LogP contribution in [0.5, 0.6) is 0 Å². The SMILES string of the molecule is CC(=O)N[C@@H]1[C@@H](O[C@H]2[C@@H](O)[C@@H](C)O[C@H](O)[C@@H]2O)[C@H](O)O[C@H](CS)[C@H]1O[C@H]1O[C@H](CO)[C@H](O)[C@H](O[C@]2(C(=O)O)C[C@H](O)[C@@H](NC(C)=O)[C@H]([C@H](O)[C@H](O)CO)O2)[C@H]1O. The minimum atomic E-state index is -3.08. The van der Waals surface area contributed by atoms with Crippen molar-refractivity contribution < 1.29 is 109 Å². The fourth-order valence-corrected chi connectivity index (χ4v) is 7.38. The molecule has 4 aliphatic heterocycles. The molecule has 4 saturated heterocycles. The number of carboxylic acids is 1. The lowest BCUT2D eigenvalue weighted by Crippen LogP contribution is -2.71. The zero-order valence-electron chi connectivity index (χ0n) is 30.3. The zero-order valence-corrected chi connectivity index (χ0v) is 31.2. The molecule has 0 aliphatic carbocycles. The van der Waals surface area contributed by atoms with Crippen molar-refractivity contribution in [2.45, 2.75) is 155 Å². The highest BCUT2D eigenvalue weighted by atomic mass is 32.1. The van der Waals surface area contributed by atoms with E-state index in [2.05, 4.69) is 23.3 Å². The minimum Gasteiger partial charge on any atom is -0.477 e. The van der Waals surface area contributed by atoms with E-state index in [0.717, 1.165) is 13.8 Å². The minimum absolute atomic E-state index is 0.260. The second kappa shape index (κ2) is 19.4. The number of rotatable bonds is 14. The van der Waals surface area contributed by atoms with Gasteiger partial charge in [0.1, 0.15) is 73.2 Å². The van der Waals surface area contributed by atoms with Crippen molar-refractivity contribution in [2.24, 2.45) is 0 Å². The summed E-state index contributed by atoms with van der Waals surface area (Å²) in [6.07, 6.45) is -33.8. The van der Waals surface area contributed by atoms with Crippen molar-refractivity contribution in [1.29, 1.82) is 0 Å². The fraction of sp³-hybridized carbons (Fsp3) is 0.903. The number of hydrogen-bond donors (Lipinski definition) is 15. The fourth-order valence-electron chi connectivity index (χ4n) is 7.08. The van der Waals surface area contributed by atoms with E-state index in [1.54, 1.807) is 0 Å². The Kier molecular flexibility index (Phi) is 16.2. The molecule has 0 unspecified atom stereocenters. The predicted molar refractivity (Wildman–Crippen MR) is 180 cm³/mol. The summed E-state index contributed by atoms with van der Waals surface area (Å²) < 4.78 is 39.6. The third-order valence-corrected chi connectivity index (χ3v) is 10.3. The van der Waals surface area contributed by atoms with E-state index in [4.69, 9.17) is 33.2 Å². The number of nitrogens with one attached hydrogen (secondary N) is 2. The summed E-state index contributed by atoms with van der Waals surface area (Å²) in [4.78, 5) is 37.3. The second-order valence-electron chi connectivity index (χ2n) is 14.0. The third-order valence-electron chi connectivity index (χ3n) is 9.96. The molecule has 24 nitrogen and oxygen atoms in total. The number of ether oxygens (including phenoxy) is 7. The summed E-state index contributed by atoms with van der Waals surface area (Å²) in [6.45, 7) is 1.38. The van der Waals surface area contributed by atoms with Gasteiger partial charge in [0.2, 0.25) is 11.8 Å². The Morgan fingerprint density at radius 3 is 1.96 bits per heavy atom. The first kappa shape index (κ1) is 46.7. The van der Waals surface area contributed by atoms with E-state index in [9.17, 15) is 75.7 Å². The van der Waals surface area contributed by atoms with Crippen LogP contribution in [0.25, 0.3) is 0 Å². The Morgan fingerprint density at radius 1 is 0.786 bits per heavy atom. The molecule has 4 heterocycles. The van der Waals surface area contributed by atoms with Gasteiger partial charge in [0.05, 0.1) is 43.6 Å². The van der Waals surface area contributed by atoms with Crippen LogP contribution in [0.3, 0.4) is 0 Å². The van der Waals surface area contributed by atoms with Gasteiger partial charge in [-0.05, 0) is 6.92 Å². The normalized spacial score (nSPS) is 45.7. The van der Waals surface area contributed by atoms with E-state index in [1.165, 1.54) is 6.92 Å². The summed E-state index contributed by atoms with van der Waals surface area (Å²) in [5.74, 6) is -6.85. The number of amides is 2. The van der Waals surface area contributed by atoms with E-state index >= 15 is 0 Å². The standard InChI is InChI=1S/C31H52N2O22S/c1-8-17(40)25(20(43)27(45)49-8)52-24-16(33-10(3)37)22(14(7-56)50-28(24)46)53-29-21(44)26(19(42)13(6-35)51-29)55-31(30(47)48)4-11(38)15(32-9(2)36)23(54-31)18(41)12(39)5-34/h8,11-29,34-35,38-46,56H,4-7H2,1-3H3,(H,32,36)(H,33,37)(H,47,48)/t8-,11+,12-,13-,14-,15-,16+,17+,18-,19+,20-,21-,22-,23-,24-,25+,26+,27+,28-,29-,31+/m1/s1. The maximum atomic E-state index is 12.9.